The monoisotopic (exact) mass is 323 g/mol. The molecule has 0 radical (unpaired) electrons. The van der Waals surface area contributed by atoms with Gasteiger partial charge in [-0.25, -0.2) is 8.42 Å². The molecule has 0 spiro atoms. The van der Waals surface area contributed by atoms with Crippen molar-refractivity contribution in [3.8, 4) is 11.8 Å². The summed E-state index contributed by atoms with van der Waals surface area (Å²) in [5, 5.41) is 17.3. The highest BCUT2D eigenvalue weighted by atomic mass is 32.2. The van der Waals surface area contributed by atoms with E-state index in [9.17, 15) is 8.42 Å². The number of aromatic nitrogens is 2. The van der Waals surface area contributed by atoms with E-state index in [1.165, 1.54) is 23.5 Å². The summed E-state index contributed by atoms with van der Waals surface area (Å²) in [6.07, 6.45) is 0.700. The standard InChI is InChI=1S/C13H13N3O3S2/c1-2-12-14-15-13(20-12)16-21(18,19)11-7-3-5-10(9-11)6-4-8-17/h3,5,7,9,17H,2,8H2,1H3,(H,15,16). The van der Waals surface area contributed by atoms with Crippen LogP contribution in [0.5, 0.6) is 0 Å². The van der Waals surface area contributed by atoms with Crippen molar-refractivity contribution in [2.24, 2.45) is 0 Å². The van der Waals surface area contributed by atoms with Crippen LogP contribution < -0.4 is 4.72 Å². The molecule has 2 aromatic rings. The zero-order valence-electron chi connectivity index (χ0n) is 11.2. The molecule has 2 rings (SSSR count). The van der Waals surface area contributed by atoms with E-state index < -0.39 is 10.0 Å². The molecule has 0 saturated carbocycles. The van der Waals surface area contributed by atoms with E-state index in [0.717, 1.165) is 5.01 Å². The molecule has 0 fully saturated rings. The van der Waals surface area contributed by atoms with Gasteiger partial charge in [-0.3, -0.25) is 4.72 Å². The number of nitrogens with one attached hydrogen (secondary N) is 1. The van der Waals surface area contributed by atoms with Crippen LogP contribution in [0.4, 0.5) is 5.13 Å². The molecule has 0 amide bonds. The average Bonchev–Trinajstić information content (AvgIpc) is 2.92. The summed E-state index contributed by atoms with van der Waals surface area (Å²) in [7, 11) is -3.73. The van der Waals surface area contributed by atoms with Gasteiger partial charge in [0.05, 0.1) is 4.90 Å². The Morgan fingerprint density at radius 1 is 1.38 bits per heavy atom. The zero-order chi connectivity index (χ0) is 15.3. The minimum atomic E-state index is -3.73. The minimum Gasteiger partial charge on any atom is -0.384 e. The largest absolute Gasteiger partial charge is 0.384 e. The fraction of sp³-hybridized carbons (Fsp3) is 0.231. The first-order valence-electron chi connectivity index (χ1n) is 6.10. The molecule has 0 saturated heterocycles. The van der Waals surface area contributed by atoms with Crippen LogP contribution in [0.1, 0.15) is 17.5 Å². The molecule has 21 heavy (non-hydrogen) atoms. The normalized spacial score (nSPS) is 10.8. The number of sulfonamides is 1. The molecule has 6 nitrogen and oxygen atoms in total. The molecule has 1 aromatic carbocycles. The molecular formula is C13H13N3O3S2. The van der Waals surface area contributed by atoms with Crippen molar-refractivity contribution in [1.82, 2.24) is 10.2 Å². The summed E-state index contributed by atoms with van der Waals surface area (Å²) >= 11 is 1.20. The van der Waals surface area contributed by atoms with Crippen molar-refractivity contribution < 1.29 is 13.5 Å². The maximum Gasteiger partial charge on any atom is 0.263 e. The highest BCUT2D eigenvalue weighted by molar-refractivity contribution is 7.93. The van der Waals surface area contributed by atoms with Crippen molar-refractivity contribution in [1.29, 1.82) is 0 Å². The van der Waals surface area contributed by atoms with E-state index in [0.29, 0.717) is 12.0 Å². The van der Waals surface area contributed by atoms with E-state index in [2.05, 4.69) is 26.8 Å². The Bertz CT molecular complexity index is 788. The maximum absolute atomic E-state index is 12.3. The summed E-state index contributed by atoms with van der Waals surface area (Å²) in [5.41, 5.74) is 0.512. The Labute approximate surface area is 126 Å². The van der Waals surface area contributed by atoms with Gasteiger partial charge in [0, 0.05) is 5.56 Å². The predicted octanol–water partition coefficient (Wildman–Crippen LogP) is 1.25. The van der Waals surface area contributed by atoms with Gasteiger partial charge >= 0.3 is 0 Å². The summed E-state index contributed by atoms with van der Waals surface area (Å²) in [6, 6.07) is 6.16. The zero-order valence-corrected chi connectivity index (χ0v) is 12.8. The van der Waals surface area contributed by atoms with Crippen molar-refractivity contribution in [3.05, 3.63) is 34.8 Å². The van der Waals surface area contributed by atoms with Gasteiger partial charge in [-0.2, -0.15) is 0 Å². The van der Waals surface area contributed by atoms with Gasteiger partial charge in [-0.05, 0) is 24.6 Å². The topological polar surface area (TPSA) is 92.2 Å². The number of hydrogen-bond donors (Lipinski definition) is 2. The van der Waals surface area contributed by atoms with E-state index in [1.54, 1.807) is 12.1 Å². The van der Waals surface area contributed by atoms with Gasteiger partial charge in [0.2, 0.25) is 5.13 Å². The fourth-order valence-corrected chi connectivity index (χ4v) is 3.45. The van der Waals surface area contributed by atoms with Gasteiger partial charge < -0.3 is 5.11 Å². The highest BCUT2D eigenvalue weighted by Gasteiger charge is 2.16. The first-order valence-corrected chi connectivity index (χ1v) is 8.40. The molecule has 0 aliphatic rings. The fourth-order valence-electron chi connectivity index (χ4n) is 1.49. The first kappa shape index (κ1) is 15.4. The van der Waals surface area contributed by atoms with Gasteiger partial charge in [0.25, 0.3) is 10.0 Å². The van der Waals surface area contributed by atoms with Crippen LogP contribution in [0, 0.1) is 11.8 Å². The lowest BCUT2D eigenvalue weighted by atomic mass is 10.2. The van der Waals surface area contributed by atoms with Crippen LogP contribution in [0.25, 0.3) is 0 Å². The van der Waals surface area contributed by atoms with E-state index in [4.69, 9.17) is 5.11 Å². The SMILES string of the molecule is CCc1nnc(NS(=O)(=O)c2cccc(C#CCO)c2)s1. The van der Waals surface area contributed by atoms with Gasteiger partial charge in [0.15, 0.2) is 0 Å². The van der Waals surface area contributed by atoms with Crippen LogP contribution in [0.2, 0.25) is 0 Å². The third-order valence-corrected chi connectivity index (χ3v) is 4.90. The molecular weight excluding hydrogens is 310 g/mol. The number of nitrogens with zero attached hydrogens (tertiary/aromatic N) is 2. The highest BCUT2D eigenvalue weighted by Crippen LogP contribution is 2.20. The second-order valence-electron chi connectivity index (χ2n) is 3.95. The average molecular weight is 323 g/mol. The van der Waals surface area contributed by atoms with Crippen LogP contribution >= 0.6 is 11.3 Å². The number of hydrogen-bond acceptors (Lipinski definition) is 6. The molecule has 0 bridgehead atoms. The molecule has 0 aliphatic carbocycles. The Balaban J connectivity index is 2.26. The number of benzene rings is 1. The van der Waals surface area contributed by atoms with Crippen molar-refractivity contribution in [2.45, 2.75) is 18.2 Å². The summed E-state index contributed by atoms with van der Waals surface area (Å²) < 4.78 is 26.9. The smallest absolute Gasteiger partial charge is 0.263 e. The van der Waals surface area contributed by atoms with Crippen LogP contribution in [0.3, 0.4) is 0 Å². The predicted molar refractivity (Wildman–Crippen MR) is 80.5 cm³/mol. The van der Waals surface area contributed by atoms with E-state index in [1.807, 2.05) is 6.92 Å². The molecule has 2 N–H and O–H groups in total. The third-order valence-electron chi connectivity index (χ3n) is 2.45. The first-order chi connectivity index (χ1) is 10.0. The van der Waals surface area contributed by atoms with Gasteiger partial charge in [-0.15, -0.1) is 10.2 Å². The van der Waals surface area contributed by atoms with Gasteiger partial charge in [0.1, 0.15) is 11.6 Å². The van der Waals surface area contributed by atoms with Crippen molar-refractivity contribution >= 4 is 26.5 Å². The quantitative estimate of drug-likeness (QED) is 0.826. The number of rotatable bonds is 4. The second-order valence-corrected chi connectivity index (χ2v) is 6.69. The minimum absolute atomic E-state index is 0.0838. The Morgan fingerprint density at radius 2 is 2.19 bits per heavy atom. The lowest BCUT2D eigenvalue weighted by molar-refractivity contribution is 0.350. The number of anilines is 1. The number of aryl methyl sites for hydroxylation is 1. The Morgan fingerprint density at radius 3 is 2.86 bits per heavy atom. The Hall–Kier alpha value is -1.95. The molecule has 1 heterocycles. The van der Waals surface area contributed by atoms with Crippen LogP contribution in [0.15, 0.2) is 29.2 Å². The summed E-state index contributed by atoms with van der Waals surface area (Å²) in [4.78, 5) is 0.0838. The number of aliphatic hydroxyl groups is 1. The summed E-state index contributed by atoms with van der Waals surface area (Å²) in [6.45, 7) is 1.64. The lowest BCUT2D eigenvalue weighted by Crippen LogP contribution is -2.12. The Kier molecular flexibility index (Phi) is 4.90. The van der Waals surface area contributed by atoms with E-state index in [-0.39, 0.29) is 16.6 Å². The molecule has 8 heteroatoms. The molecule has 0 aliphatic heterocycles. The van der Waals surface area contributed by atoms with Crippen molar-refractivity contribution in [2.75, 3.05) is 11.3 Å². The van der Waals surface area contributed by atoms with E-state index >= 15 is 0 Å². The molecule has 110 valence electrons. The van der Waals surface area contributed by atoms with Crippen LogP contribution in [-0.2, 0) is 16.4 Å². The maximum atomic E-state index is 12.3. The molecule has 1 aromatic heterocycles. The number of aliphatic hydroxyl groups excluding tert-OH is 1. The molecule has 0 unspecified atom stereocenters. The lowest BCUT2D eigenvalue weighted by Gasteiger charge is -2.04. The second kappa shape index (κ2) is 6.67. The van der Waals surface area contributed by atoms with Crippen LogP contribution in [-0.4, -0.2) is 30.3 Å². The third kappa shape index (κ3) is 4.01. The van der Waals surface area contributed by atoms with Gasteiger partial charge in [-0.1, -0.05) is 36.2 Å². The molecule has 0 atom stereocenters. The van der Waals surface area contributed by atoms with Crippen molar-refractivity contribution in [3.63, 3.8) is 0 Å². The summed E-state index contributed by atoms with van der Waals surface area (Å²) in [5.74, 6) is 5.14.